The van der Waals surface area contributed by atoms with Crippen molar-refractivity contribution in [2.75, 3.05) is 13.7 Å². The van der Waals surface area contributed by atoms with E-state index in [1.54, 1.807) is 14.0 Å². The summed E-state index contributed by atoms with van der Waals surface area (Å²) in [5, 5.41) is 0. The van der Waals surface area contributed by atoms with Crippen LogP contribution in [0.15, 0.2) is 23.8 Å². The predicted molar refractivity (Wildman–Crippen MR) is 73.5 cm³/mol. The number of Topliss-reactive ketones (excluding diaryl/α,β-unsaturated/α-hetero) is 2. The molecule has 18 heavy (non-hydrogen) atoms. The molecule has 0 heterocycles. The van der Waals surface area contributed by atoms with Gasteiger partial charge in [0.2, 0.25) is 0 Å². The Kier molecular flexibility index (Phi) is 10.2. The molecule has 102 valence electrons. The number of hydrogen-bond donors (Lipinski definition) is 0. The minimum Gasteiger partial charge on any atom is -0.381 e. The van der Waals surface area contributed by atoms with Crippen molar-refractivity contribution in [2.45, 2.75) is 46.0 Å². The number of allylic oxidation sites excluding steroid dienone is 3. The Morgan fingerprint density at radius 1 is 1.17 bits per heavy atom. The molecule has 0 radical (unpaired) electrons. The number of ketones is 2. The molecule has 0 aromatic rings. The zero-order valence-corrected chi connectivity index (χ0v) is 11.7. The first kappa shape index (κ1) is 16.8. The molecule has 0 aromatic heterocycles. The minimum atomic E-state index is 0.146. The van der Waals surface area contributed by atoms with Crippen molar-refractivity contribution in [3.05, 3.63) is 23.8 Å². The number of carbonyl (C=O) groups excluding carboxylic acids is 2. The Morgan fingerprint density at radius 2 is 1.83 bits per heavy atom. The predicted octanol–water partition coefficient (Wildman–Crippen LogP) is 3.24. The van der Waals surface area contributed by atoms with E-state index in [1.165, 1.54) is 0 Å². The molecule has 0 fully saturated rings. The molecule has 0 saturated heterocycles. The first-order chi connectivity index (χ1) is 8.61. The van der Waals surface area contributed by atoms with Crippen LogP contribution in [0.1, 0.15) is 46.0 Å². The van der Waals surface area contributed by atoms with E-state index in [0.29, 0.717) is 19.4 Å². The Labute approximate surface area is 110 Å². The highest BCUT2D eigenvalue weighted by atomic mass is 16.5. The smallest absolute Gasteiger partial charge is 0.162 e. The molecule has 0 atom stereocenters. The molecule has 0 aromatic carbocycles. The van der Waals surface area contributed by atoms with Gasteiger partial charge in [-0.1, -0.05) is 25.2 Å². The van der Waals surface area contributed by atoms with E-state index < -0.39 is 0 Å². The van der Waals surface area contributed by atoms with Gasteiger partial charge in [0, 0.05) is 25.5 Å². The molecule has 3 heteroatoms. The summed E-state index contributed by atoms with van der Waals surface area (Å²) in [5.74, 6) is 0.333. The Morgan fingerprint density at radius 3 is 2.39 bits per heavy atom. The van der Waals surface area contributed by atoms with Gasteiger partial charge in [0.1, 0.15) is 5.78 Å². The molecule has 0 aliphatic carbocycles. The topological polar surface area (TPSA) is 43.4 Å². The average Bonchev–Trinajstić information content (AvgIpc) is 2.33. The van der Waals surface area contributed by atoms with E-state index in [1.807, 2.05) is 25.2 Å². The summed E-state index contributed by atoms with van der Waals surface area (Å²) < 4.78 is 4.91. The van der Waals surface area contributed by atoms with E-state index in [2.05, 4.69) is 0 Å². The molecule has 0 aliphatic rings. The summed E-state index contributed by atoms with van der Waals surface area (Å²) >= 11 is 0. The van der Waals surface area contributed by atoms with Crippen molar-refractivity contribution in [1.82, 2.24) is 0 Å². The maximum Gasteiger partial charge on any atom is 0.162 e. The maximum atomic E-state index is 11.9. The SMILES string of the molecule is CC/C=C(\C=C/COC)C(=O)CCCCC(C)=O. The molecular weight excluding hydrogens is 228 g/mol. The van der Waals surface area contributed by atoms with Gasteiger partial charge >= 0.3 is 0 Å². The molecule has 0 rings (SSSR count). The molecular formula is C15H24O3. The number of ether oxygens (including phenoxy) is 1. The number of rotatable bonds is 10. The highest BCUT2D eigenvalue weighted by molar-refractivity contribution is 5.97. The molecule has 0 saturated carbocycles. The van der Waals surface area contributed by atoms with E-state index in [0.717, 1.165) is 24.8 Å². The van der Waals surface area contributed by atoms with Gasteiger partial charge < -0.3 is 9.53 Å². The quantitative estimate of drug-likeness (QED) is 0.340. The van der Waals surface area contributed by atoms with E-state index >= 15 is 0 Å². The minimum absolute atomic E-state index is 0.146. The second-order valence-electron chi connectivity index (χ2n) is 4.26. The highest BCUT2D eigenvalue weighted by Gasteiger charge is 2.06. The first-order valence-corrected chi connectivity index (χ1v) is 6.50. The lowest BCUT2D eigenvalue weighted by molar-refractivity contribution is -0.118. The summed E-state index contributed by atoms with van der Waals surface area (Å²) in [4.78, 5) is 22.7. The molecule has 0 bridgehead atoms. The normalized spacial score (nSPS) is 12.1. The zero-order valence-electron chi connectivity index (χ0n) is 11.7. The van der Waals surface area contributed by atoms with Crippen LogP contribution in [-0.2, 0) is 14.3 Å². The van der Waals surface area contributed by atoms with Crippen LogP contribution in [0.4, 0.5) is 0 Å². The van der Waals surface area contributed by atoms with E-state index in [4.69, 9.17) is 4.74 Å². The van der Waals surface area contributed by atoms with Gasteiger partial charge in [-0.05, 0) is 26.2 Å². The molecule has 3 nitrogen and oxygen atoms in total. The second-order valence-corrected chi connectivity index (χ2v) is 4.26. The van der Waals surface area contributed by atoms with Gasteiger partial charge in [-0.2, -0.15) is 0 Å². The summed E-state index contributed by atoms with van der Waals surface area (Å²) in [6.45, 7) is 4.10. The van der Waals surface area contributed by atoms with Crippen LogP contribution >= 0.6 is 0 Å². The standard InChI is InChI=1S/C15H24O3/c1-4-8-14(10-7-12-18-3)15(17)11-6-5-9-13(2)16/h7-8,10H,4-6,9,11-12H2,1-3H3/b10-7-,14-8+. The number of methoxy groups -OCH3 is 1. The van der Waals surface area contributed by atoms with Gasteiger partial charge in [0.15, 0.2) is 5.78 Å². The molecule has 0 N–H and O–H groups in total. The van der Waals surface area contributed by atoms with Crippen molar-refractivity contribution in [3.8, 4) is 0 Å². The average molecular weight is 252 g/mol. The van der Waals surface area contributed by atoms with Crippen molar-refractivity contribution < 1.29 is 14.3 Å². The molecule has 0 spiro atoms. The van der Waals surface area contributed by atoms with Gasteiger partial charge in [-0.15, -0.1) is 0 Å². The van der Waals surface area contributed by atoms with Crippen molar-refractivity contribution in [2.24, 2.45) is 0 Å². The Bertz CT molecular complexity index is 314. The Balaban J connectivity index is 4.15. The third kappa shape index (κ3) is 8.88. The van der Waals surface area contributed by atoms with Crippen LogP contribution in [-0.4, -0.2) is 25.3 Å². The van der Waals surface area contributed by atoms with E-state index in [-0.39, 0.29) is 11.6 Å². The van der Waals surface area contributed by atoms with Crippen LogP contribution in [0, 0.1) is 0 Å². The second kappa shape index (κ2) is 10.9. The fourth-order valence-corrected chi connectivity index (χ4v) is 1.57. The van der Waals surface area contributed by atoms with Crippen molar-refractivity contribution in [3.63, 3.8) is 0 Å². The van der Waals surface area contributed by atoms with Crippen LogP contribution in [0.5, 0.6) is 0 Å². The third-order valence-corrected chi connectivity index (χ3v) is 2.49. The van der Waals surface area contributed by atoms with Crippen LogP contribution in [0.25, 0.3) is 0 Å². The van der Waals surface area contributed by atoms with Gasteiger partial charge in [-0.3, -0.25) is 4.79 Å². The van der Waals surface area contributed by atoms with Gasteiger partial charge in [-0.25, -0.2) is 0 Å². The van der Waals surface area contributed by atoms with E-state index in [9.17, 15) is 9.59 Å². The zero-order chi connectivity index (χ0) is 13.8. The summed E-state index contributed by atoms with van der Waals surface area (Å²) in [5.41, 5.74) is 0.748. The molecule has 0 amide bonds. The third-order valence-electron chi connectivity index (χ3n) is 2.49. The highest BCUT2D eigenvalue weighted by Crippen LogP contribution is 2.09. The lowest BCUT2D eigenvalue weighted by atomic mass is 10.0. The van der Waals surface area contributed by atoms with Gasteiger partial charge in [0.25, 0.3) is 0 Å². The number of unbranched alkanes of at least 4 members (excludes halogenated alkanes) is 1. The van der Waals surface area contributed by atoms with Crippen LogP contribution in [0.2, 0.25) is 0 Å². The van der Waals surface area contributed by atoms with Gasteiger partial charge in [0.05, 0.1) is 6.61 Å². The van der Waals surface area contributed by atoms with Crippen molar-refractivity contribution in [1.29, 1.82) is 0 Å². The maximum absolute atomic E-state index is 11.9. The lowest BCUT2D eigenvalue weighted by Gasteiger charge is -2.02. The summed E-state index contributed by atoms with van der Waals surface area (Å²) in [6, 6.07) is 0. The van der Waals surface area contributed by atoms with Crippen molar-refractivity contribution >= 4 is 11.6 Å². The number of carbonyl (C=O) groups is 2. The first-order valence-electron chi connectivity index (χ1n) is 6.50. The lowest BCUT2D eigenvalue weighted by Crippen LogP contribution is -2.01. The van der Waals surface area contributed by atoms with Crippen LogP contribution in [0.3, 0.4) is 0 Å². The summed E-state index contributed by atoms with van der Waals surface area (Å²) in [7, 11) is 1.62. The molecule has 0 unspecified atom stereocenters. The monoisotopic (exact) mass is 252 g/mol. The van der Waals surface area contributed by atoms with Crippen LogP contribution < -0.4 is 0 Å². The fourth-order valence-electron chi connectivity index (χ4n) is 1.57. The fraction of sp³-hybridized carbons (Fsp3) is 0.600. The molecule has 0 aliphatic heterocycles. The number of hydrogen-bond acceptors (Lipinski definition) is 3. The summed E-state index contributed by atoms with van der Waals surface area (Å²) in [6.07, 6.45) is 9.08. The Hall–Kier alpha value is -1.22. The largest absolute Gasteiger partial charge is 0.381 e.